The van der Waals surface area contributed by atoms with Gasteiger partial charge < -0.3 is 10.6 Å². The lowest BCUT2D eigenvalue weighted by atomic mass is 10.3. The van der Waals surface area contributed by atoms with Gasteiger partial charge >= 0.3 is 0 Å². The molecular weight excluding hydrogens is 152 g/mol. The summed E-state index contributed by atoms with van der Waals surface area (Å²) in [5.41, 5.74) is 5.55. The minimum absolute atomic E-state index is 0.420. The molecule has 1 amide bonds. The molecule has 0 unspecified atom stereocenters. The number of nitrogens with two attached hydrogens (primary N) is 1. The van der Waals surface area contributed by atoms with Crippen LogP contribution < -0.4 is 5.73 Å². The number of hydrogen-bond acceptors (Lipinski definition) is 2. The topological polar surface area (TPSA) is 46.3 Å². The molecule has 0 atom stereocenters. The molecule has 0 aliphatic heterocycles. The van der Waals surface area contributed by atoms with Crippen LogP contribution in [0.5, 0.6) is 0 Å². The van der Waals surface area contributed by atoms with Crippen LogP contribution in [0.4, 0.5) is 0 Å². The molecule has 0 aromatic carbocycles. The molecule has 0 rings (SSSR count). The molecule has 0 spiro atoms. The Morgan fingerprint density at radius 2 is 1.75 bits per heavy atom. The second-order valence-corrected chi connectivity index (χ2v) is 2.80. The highest BCUT2D eigenvalue weighted by molar-refractivity contribution is 5.90. The number of amides is 1. The van der Waals surface area contributed by atoms with Crippen molar-refractivity contribution in [2.75, 3.05) is 13.1 Å². The minimum atomic E-state index is -0.420. The van der Waals surface area contributed by atoms with E-state index in [0.717, 1.165) is 25.9 Å². The lowest BCUT2D eigenvalue weighted by Gasteiger charge is -2.23. The normalized spacial score (nSPS) is 9.50. The highest BCUT2D eigenvalue weighted by Crippen LogP contribution is 2.02. The van der Waals surface area contributed by atoms with E-state index in [1.807, 2.05) is 4.90 Å². The average Bonchev–Trinajstić information content (AvgIpc) is 2.03. The summed E-state index contributed by atoms with van der Waals surface area (Å²) in [6.45, 7) is 9.49. The van der Waals surface area contributed by atoms with Crippen LogP contribution in [0.25, 0.3) is 0 Å². The Morgan fingerprint density at radius 3 is 2.00 bits per heavy atom. The van der Waals surface area contributed by atoms with Crippen molar-refractivity contribution in [1.29, 1.82) is 0 Å². The van der Waals surface area contributed by atoms with Gasteiger partial charge in [-0.05, 0) is 12.8 Å². The fourth-order valence-electron chi connectivity index (χ4n) is 1.08. The maximum absolute atomic E-state index is 10.8. The number of carbonyl (C=O) groups is 1. The van der Waals surface area contributed by atoms with Crippen molar-refractivity contribution in [3.05, 3.63) is 12.3 Å². The van der Waals surface area contributed by atoms with Gasteiger partial charge in [0.1, 0.15) is 0 Å². The molecule has 70 valence electrons. The zero-order valence-electron chi connectivity index (χ0n) is 7.97. The van der Waals surface area contributed by atoms with Crippen LogP contribution in [-0.2, 0) is 4.79 Å². The first kappa shape index (κ1) is 11.0. The van der Waals surface area contributed by atoms with Crippen molar-refractivity contribution in [2.45, 2.75) is 26.7 Å². The van der Waals surface area contributed by atoms with E-state index in [4.69, 9.17) is 5.73 Å². The van der Waals surface area contributed by atoms with Crippen molar-refractivity contribution in [3.8, 4) is 0 Å². The molecule has 0 aromatic rings. The zero-order valence-corrected chi connectivity index (χ0v) is 7.97. The molecule has 0 saturated carbocycles. The summed E-state index contributed by atoms with van der Waals surface area (Å²) in [6.07, 6.45) is 2.01. The highest BCUT2D eigenvalue weighted by atomic mass is 16.1. The fraction of sp³-hybridized carbons (Fsp3) is 0.667. The predicted octanol–water partition coefficient (Wildman–Crippen LogP) is 1.11. The summed E-state index contributed by atoms with van der Waals surface area (Å²) in [6, 6.07) is 0. The zero-order chi connectivity index (χ0) is 9.56. The third-order valence-electron chi connectivity index (χ3n) is 1.65. The standard InChI is InChI=1S/C9H18N2O/c1-4-6-11(7-5-2)8(3)9(10)12/h3-7H2,1-2H3,(H2,10,12). The maximum Gasteiger partial charge on any atom is 0.264 e. The quantitative estimate of drug-likeness (QED) is 0.607. The van der Waals surface area contributed by atoms with Gasteiger partial charge in [0, 0.05) is 13.1 Å². The summed E-state index contributed by atoms with van der Waals surface area (Å²) >= 11 is 0. The molecule has 3 heteroatoms. The van der Waals surface area contributed by atoms with E-state index >= 15 is 0 Å². The molecule has 0 aliphatic rings. The molecule has 0 aliphatic carbocycles. The lowest BCUT2D eigenvalue weighted by molar-refractivity contribution is -0.116. The molecule has 2 N–H and O–H groups in total. The Bertz CT molecular complexity index is 160. The largest absolute Gasteiger partial charge is 0.368 e. The van der Waals surface area contributed by atoms with Gasteiger partial charge in [0.25, 0.3) is 5.91 Å². The second-order valence-electron chi connectivity index (χ2n) is 2.80. The number of carbonyl (C=O) groups excluding carboxylic acids is 1. The molecule has 0 aromatic heterocycles. The molecule has 3 nitrogen and oxygen atoms in total. The summed E-state index contributed by atoms with van der Waals surface area (Å²) in [5.74, 6) is -0.420. The number of primary amides is 1. The predicted molar refractivity (Wildman–Crippen MR) is 50.5 cm³/mol. The third-order valence-corrected chi connectivity index (χ3v) is 1.65. The summed E-state index contributed by atoms with van der Waals surface area (Å²) in [4.78, 5) is 12.7. The Labute approximate surface area is 74.2 Å². The van der Waals surface area contributed by atoms with Crippen LogP contribution in [0.3, 0.4) is 0 Å². The number of rotatable bonds is 6. The van der Waals surface area contributed by atoms with Crippen LogP contribution in [0.2, 0.25) is 0 Å². The highest BCUT2D eigenvalue weighted by Gasteiger charge is 2.09. The van der Waals surface area contributed by atoms with Gasteiger partial charge in [-0.1, -0.05) is 20.4 Å². The number of hydrogen-bond donors (Lipinski definition) is 1. The Balaban J connectivity index is 4.08. The van der Waals surface area contributed by atoms with Gasteiger partial charge in [0.15, 0.2) is 0 Å². The first-order chi connectivity index (χ1) is 5.63. The van der Waals surface area contributed by atoms with Crippen LogP contribution in [-0.4, -0.2) is 23.9 Å². The second kappa shape index (κ2) is 5.63. The maximum atomic E-state index is 10.8. The smallest absolute Gasteiger partial charge is 0.264 e. The average molecular weight is 170 g/mol. The Morgan fingerprint density at radius 1 is 1.33 bits per heavy atom. The fourth-order valence-corrected chi connectivity index (χ4v) is 1.08. The summed E-state index contributed by atoms with van der Waals surface area (Å²) in [7, 11) is 0. The van der Waals surface area contributed by atoms with Crippen molar-refractivity contribution < 1.29 is 4.79 Å². The van der Waals surface area contributed by atoms with E-state index in [2.05, 4.69) is 20.4 Å². The van der Waals surface area contributed by atoms with Crippen molar-refractivity contribution in [3.63, 3.8) is 0 Å². The molecule has 0 saturated heterocycles. The van der Waals surface area contributed by atoms with Gasteiger partial charge in [-0.15, -0.1) is 0 Å². The number of nitrogens with zero attached hydrogens (tertiary/aromatic N) is 1. The van der Waals surface area contributed by atoms with Gasteiger partial charge in [-0.2, -0.15) is 0 Å². The van der Waals surface area contributed by atoms with Gasteiger partial charge in [-0.25, -0.2) is 0 Å². The Kier molecular flexibility index (Phi) is 5.17. The van der Waals surface area contributed by atoms with Crippen LogP contribution in [0.15, 0.2) is 12.3 Å². The molecule has 0 fully saturated rings. The molecular formula is C9H18N2O. The van der Waals surface area contributed by atoms with Gasteiger partial charge in [0.05, 0.1) is 5.70 Å². The molecule has 0 bridgehead atoms. The van der Waals surface area contributed by atoms with E-state index in [-0.39, 0.29) is 0 Å². The van der Waals surface area contributed by atoms with E-state index in [0.29, 0.717) is 5.70 Å². The van der Waals surface area contributed by atoms with E-state index in [1.165, 1.54) is 0 Å². The van der Waals surface area contributed by atoms with E-state index in [1.54, 1.807) is 0 Å². The lowest BCUT2D eigenvalue weighted by Crippen LogP contribution is -2.31. The first-order valence-corrected chi connectivity index (χ1v) is 4.37. The van der Waals surface area contributed by atoms with Gasteiger partial charge in [-0.3, -0.25) is 4.79 Å². The van der Waals surface area contributed by atoms with Crippen molar-refractivity contribution in [2.24, 2.45) is 5.73 Å². The molecule has 0 heterocycles. The van der Waals surface area contributed by atoms with Crippen molar-refractivity contribution in [1.82, 2.24) is 4.90 Å². The van der Waals surface area contributed by atoms with Gasteiger partial charge in [0.2, 0.25) is 0 Å². The van der Waals surface area contributed by atoms with Crippen molar-refractivity contribution >= 4 is 5.91 Å². The third kappa shape index (κ3) is 3.42. The summed E-state index contributed by atoms with van der Waals surface area (Å²) in [5, 5.41) is 0. The monoisotopic (exact) mass is 170 g/mol. The van der Waals surface area contributed by atoms with Crippen LogP contribution >= 0.6 is 0 Å². The first-order valence-electron chi connectivity index (χ1n) is 4.37. The van der Waals surface area contributed by atoms with Crippen LogP contribution in [0, 0.1) is 0 Å². The van der Waals surface area contributed by atoms with E-state index in [9.17, 15) is 4.79 Å². The minimum Gasteiger partial charge on any atom is -0.368 e. The van der Waals surface area contributed by atoms with E-state index < -0.39 is 5.91 Å². The summed E-state index contributed by atoms with van der Waals surface area (Å²) < 4.78 is 0. The Hall–Kier alpha value is -0.990. The van der Waals surface area contributed by atoms with Crippen LogP contribution in [0.1, 0.15) is 26.7 Å². The molecule has 0 radical (unpaired) electrons. The SMILES string of the molecule is C=C(C(N)=O)N(CCC)CCC. The molecule has 12 heavy (non-hydrogen) atoms.